The SMILES string of the molecule is CCCc1nc(C)n(-c2ccc(OC3CCC(=O)CC3)cc2)c(=O)c1Cc1ccc(-c2ccccc2-c2noc([O-])n2)cc1. The topological polar surface area (TPSA) is 123 Å². The van der Waals surface area contributed by atoms with Gasteiger partial charge >= 0.3 is 0 Å². The van der Waals surface area contributed by atoms with Crippen LogP contribution in [0.4, 0.5) is 0 Å². The molecule has 0 saturated heterocycles. The Morgan fingerprint density at radius 1 is 0.932 bits per heavy atom. The lowest BCUT2D eigenvalue weighted by Gasteiger charge is -2.22. The maximum Gasteiger partial charge on any atom is 0.261 e. The highest BCUT2D eigenvalue weighted by molar-refractivity contribution is 5.80. The molecule has 0 aliphatic heterocycles. The van der Waals surface area contributed by atoms with Gasteiger partial charge in [0, 0.05) is 30.4 Å². The average Bonchev–Trinajstić information content (AvgIpc) is 3.47. The number of nitrogens with zero attached hydrogens (tertiary/aromatic N) is 4. The molecule has 0 amide bonds. The van der Waals surface area contributed by atoms with E-state index in [0.717, 1.165) is 53.1 Å². The number of ketones is 1. The molecule has 2 heterocycles. The van der Waals surface area contributed by atoms with Gasteiger partial charge in [-0.25, -0.2) is 9.97 Å². The fourth-order valence-corrected chi connectivity index (χ4v) is 5.80. The lowest BCUT2D eigenvalue weighted by atomic mass is 9.96. The third kappa shape index (κ3) is 6.17. The second kappa shape index (κ2) is 12.7. The van der Waals surface area contributed by atoms with Crippen LogP contribution in [0.25, 0.3) is 28.2 Å². The van der Waals surface area contributed by atoms with E-state index >= 15 is 0 Å². The number of benzene rings is 3. The molecule has 224 valence electrons. The number of Topliss-reactive ketones (excluding diaryl/α,β-unsaturated/α-hetero) is 1. The van der Waals surface area contributed by atoms with Crippen LogP contribution in [0.5, 0.6) is 11.8 Å². The summed E-state index contributed by atoms with van der Waals surface area (Å²) in [4.78, 5) is 34.3. The second-order valence-corrected chi connectivity index (χ2v) is 11.1. The minimum absolute atomic E-state index is 0.0363. The molecule has 6 rings (SSSR count). The Morgan fingerprint density at radius 2 is 1.64 bits per heavy atom. The molecule has 1 fully saturated rings. The Bertz CT molecular complexity index is 1830. The summed E-state index contributed by atoms with van der Waals surface area (Å²) >= 11 is 0. The first-order valence-electron chi connectivity index (χ1n) is 15.0. The van der Waals surface area contributed by atoms with E-state index in [1.807, 2.05) is 79.7 Å². The van der Waals surface area contributed by atoms with Crippen LogP contribution in [-0.4, -0.2) is 31.6 Å². The minimum atomic E-state index is -0.729. The predicted molar refractivity (Wildman–Crippen MR) is 164 cm³/mol. The molecule has 1 saturated carbocycles. The van der Waals surface area contributed by atoms with Crippen LogP contribution in [0.3, 0.4) is 0 Å². The molecule has 3 aromatic carbocycles. The highest BCUT2D eigenvalue weighted by Crippen LogP contribution is 2.31. The van der Waals surface area contributed by atoms with Crippen molar-refractivity contribution in [1.29, 1.82) is 0 Å². The summed E-state index contributed by atoms with van der Waals surface area (Å²) in [6.07, 6.45) is 3.93. The van der Waals surface area contributed by atoms with Crippen molar-refractivity contribution in [2.45, 2.75) is 64.9 Å². The van der Waals surface area contributed by atoms with Crippen molar-refractivity contribution in [3.05, 3.63) is 106 Å². The Labute approximate surface area is 255 Å². The molecule has 1 aliphatic rings. The van der Waals surface area contributed by atoms with Crippen molar-refractivity contribution in [2.75, 3.05) is 0 Å². The van der Waals surface area contributed by atoms with E-state index in [4.69, 9.17) is 9.72 Å². The van der Waals surface area contributed by atoms with Gasteiger partial charge in [-0.2, -0.15) is 5.16 Å². The summed E-state index contributed by atoms with van der Waals surface area (Å²) in [5.41, 5.74) is 5.62. The number of aromatic nitrogens is 4. The predicted octanol–water partition coefficient (Wildman–Crippen LogP) is 5.77. The number of carbonyl (C=O) groups excluding carboxylic acids is 1. The van der Waals surface area contributed by atoms with Crippen molar-refractivity contribution in [2.24, 2.45) is 0 Å². The number of hydrogen-bond donors (Lipinski definition) is 0. The molecule has 0 bridgehead atoms. The van der Waals surface area contributed by atoms with Crippen molar-refractivity contribution in [3.8, 4) is 40.0 Å². The molecular formula is C35H33N4O5-. The van der Waals surface area contributed by atoms with Gasteiger partial charge in [-0.05, 0) is 67.1 Å². The first kappa shape index (κ1) is 29.0. The zero-order valence-corrected chi connectivity index (χ0v) is 24.8. The molecule has 0 radical (unpaired) electrons. The fourth-order valence-electron chi connectivity index (χ4n) is 5.80. The van der Waals surface area contributed by atoms with Gasteiger partial charge in [0.1, 0.15) is 17.4 Å². The van der Waals surface area contributed by atoms with Crippen LogP contribution in [0.15, 0.2) is 82.1 Å². The molecule has 9 nitrogen and oxygen atoms in total. The van der Waals surface area contributed by atoms with Gasteiger partial charge in [0.15, 0.2) is 11.9 Å². The Morgan fingerprint density at radius 3 is 2.30 bits per heavy atom. The van der Waals surface area contributed by atoms with Gasteiger partial charge in [-0.1, -0.05) is 61.9 Å². The van der Waals surface area contributed by atoms with Gasteiger partial charge in [-0.15, -0.1) is 0 Å². The molecule has 2 aromatic heterocycles. The van der Waals surface area contributed by atoms with Gasteiger partial charge < -0.3 is 14.4 Å². The van der Waals surface area contributed by atoms with E-state index in [1.54, 1.807) is 4.57 Å². The third-order valence-electron chi connectivity index (χ3n) is 8.03. The lowest BCUT2D eigenvalue weighted by Crippen LogP contribution is -2.28. The van der Waals surface area contributed by atoms with E-state index in [0.29, 0.717) is 48.4 Å². The summed E-state index contributed by atoms with van der Waals surface area (Å²) in [7, 11) is 0. The molecule has 0 spiro atoms. The number of aryl methyl sites for hydroxylation is 2. The Hall–Kier alpha value is -5.05. The molecule has 0 atom stereocenters. The number of ether oxygens (including phenoxy) is 1. The average molecular weight is 590 g/mol. The van der Waals surface area contributed by atoms with Crippen molar-refractivity contribution in [1.82, 2.24) is 19.7 Å². The zero-order chi connectivity index (χ0) is 30.6. The number of hydrogen-bond acceptors (Lipinski definition) is 8. The van der Waals surface area contributed by atoms with E-state index in [9.17, 15) is 14.7 Å². The van der Waals surface area contributed by atoms with Crippen LogP contribution in [0, 0.1) is 6.92 Å². The molecular weight excluding hydrogens is 556 g/mol. The Balaban J connectivity index is 1.27. The van der Waals surface area contributed by atoms with Gasteiger partial charge in [-0.3, -0.25) is 14.2 Å². The highest BCUT2D eigenvalue weighted by Gasteiger charge is 2.21. The zero-order valence-electron chi connectivity index (χ0n) is 24.8. The van der Waals surface area contributed by atoms with E-state index < -0.39 is 6.08 Å². The quantitative estimate of drug-likeness (QED) is 0.212. The molecule has 44 heavy (non-hydrogen) atoms. The summed E-state index contributed by atoms with van der Waals surface area (Å²) < 4.78 is 12.4. The molecule has 5 aromatic rings. The maximum absolute atomic E-state index is 14.0. The minimum Gasteiger partial charge on any atom is -0.528 e. The summed E-state index contributed by atoms with van der Waals surface area (Å²) in [6, 6.07) is 23.1. The monoisotopic (exact) mass is 589 g/mol. The van der Waals surface area contributed by atoms with Crippen LogP contribution < -0.4 is 15.4 Å². The van der Waals surface area contributed by atoms with Gasteiger partial charge in [0.25, 0.3) is 5.56 Å². The van der Waals surface area contributed by atoms with E-state index in [2.05, 4.69) is 21.6 Å². The van der Waals surface area contributed by atoms with Gasteiger partial charge in [0.05, 0.1) is 17.5 Å². The van der Waals surface area contributed by atoms with E-state index in [-0.39, 0.29) is 17.5 Å². The third-order valence-corrected chi connectivity index (χ3v) is 8.03. The van der Waals surface area contributed by atoms with Crippen molar-refractivity contribution >= 4 is 5.78 Å². The first-order valence-corrected chi connectivity index (χ1v) is 15.0. The fraction of sp³-hybridized carbons (Fsp3) is 0.286. The smallest absolute Gasteiger partial charge is 0.261 e. The normalized spacial score (nSPS) is 13.7. The summed E-state index contributed by atoms with van der Waals surface area (Å²) in [5.74, 6) is 1.90. The summed E-state index contributed by atoms with van der Waals surface area (Å²) in [6.45, 7) is 3.94. The number of rotatable bonds is 9. The highest BCUT2D eigenvalue weighted by atomic mass is 16.6. The largest absolute Gasteiger partial charge is 0.528 e. The van der Waals surface area contributed by atoms with Crippen LogP contribution >= 0.6 is 0 Å². The molecule has 0 unspecified atom stereocenters. The second-order valence-electron chi connectivity index (χ2n) is 11.1. The lowest BCUT2D eigenvalue weighted by molar-refractivity contribution is -0.303. The van der Waals surface area contributed by atoms with Gasteiger partial charge in [0.2, 0.25) is 0 Å². The molecule has 9 heteroatoms. The van der Waals surface area contributed by atoms with E-state index in [1.165, 1.54) is 0 Å². The number of carbonyl (C=O) groups is 1. The molecule has 1 aliphatic carbocycles. The molecule has 0 N–H and O–H groups in total. The van der Waals surface area contributed by atoms with Crippen LogP contribution in [-0.2, 0) is 17.6 Å². The van der Waals surface area contributed by atoms with Crippen LogP contribution in [0.2, 0.25) is 0 Å². The van der Waals surface area contributed by atoms with Crippen molar-refractivity contribution in [3.63, 3.8) is 0 Å². The first-order chi connectivity index (χ1) is 21.4. The summed E-state index contributed by atoms with van der Waals surface area (Å²) in [5, 5.41) is 15.3. The maximum atomic E-state index is 14.0. The Kier molecular flexibility index (Phi) is 8.36. The van der Waals surface area contributed by atoms with Crippen LogP contribution in [0.1, 0.15) is 61.7 Å². The van der Waals surface area contributed by atoms with Crippen molar-refractivity contribution < 1.29 is 19.2 Å². The standard InChI is InChI=1S/C35H34N4O5/c1-3-6-32-31(21-23-9-11-24(12-10-23)29-7-4-5-8-30(29)33-37-35(42)44-38-33)34(41)39(22(2)36-32)25-13-17-27(18-14-25)43-28-19-15-26(40)16-20-28/h4-5,7-14,17-18,28H,3,6,15-16,19-21H2,1-2H3,(H,37,38,42)/p-1.